The number of ether oxygens (including phenoxy) is 1. The first-order valence-corrected chi connectivity index (χ1v) is 8.13. The van der Waals surface area contributed by atoms with Crippen LogP contribution in [0.1, 0.15) is 24.5 Å². The molecule has 2 heterocycles. The Kier molecular flexibility index (Phi) is 3.89. The van der Waals surface area contributed by atoms with Crippen molar-refractivity contribution < 1.29 is 9.53 Å². The van der Waals surface area contributed by atoms with Crippen molar-refractivity contribution in [3.63, 3.8) is 0 Å². The summed E-state index contributed by atoms with van der Waals surface area (Å²) in [5, 5.41) is 13.0. The topological polar surface area (TPSA) is 69.4 Å². The number of esters is 1. The number of halogens is 1. The monoisotopic (exact) mass is 414 g/mol. The van der Waals surface area contributed by atoms with E-state index >= 15 is 0 Å². The van der Waals surface area contributed by atoms with Crippen LogP contribution >= 0.6 is 33.9 Å². The minimum absolute atomic E-state index is 0.103. The predicted molar refractivity (Wildman–Crippen MR) is 87.4 cm³/mol. The van der Waals surface area contributed by atoms with E-state index in [9.17, 15) is 4.79 Å². The quantitative estimate of drug-likeness (QED) is 0.487. The van der Waals surface area contributed by atoms with Crippen molar-refractivity contribution in [1.29, 1.82) is 0 Å². The zero-order valence-electron chi connectivity index (χ0n) is 11.3. The fourth-order valence-electron chi connectivity index (χ4n) is 1.72. The molecular weight excluding hydrogens is 403 g/mol. The number of hydrogen-bond acceptors (Lipinski definition) is 6. The van der Waals surface area contributed by atoms with Crippen molar-refractivity contribution in [2.45, 2.75) is 20.0 Å². The highest BCUT2D eigenvalue weighted by Gasteiger charge is 2.20. The van der Waals surface area contributed by atoms with E-state index in [1.807, 2.05) is 24.3 Å². The lowest BCUT2D eigenvalue weighted by atomic mass is 10.2. The fourth-order valence-corrected chi connectivity index (χ4v) is 2.92. The summed E-state index contributed by atoms with van der Waals surface area (Å²) in [5.74, 6) is -0.413. The Morgan fingerprint density at radius 3 is 2.67 bits per heavy atom. The molecule has 0 amide bonds. The maximum atomic E-state index is 11.9. The molecule has 0 fully saturated rings. The smallest absolute Gasteiger partial charge is 0.378 e. The molecule has 0 aliphatic rings. The van der Waals surface area contributed by atoms with E-state index in [4.69, 9.17) is 4.74 Å². The molecule has 0 N–H and O–H groups in total. The molecule has 2 aromatic heterocycles. The van der Waals surface area contributed by atoms with Gasteiger partial charge in [-0.1, -0.05) is 23.5 Å². The Morgan fingerprint density at radius 2 is 2.00 bits per heavy atom. The molecule has 0 unspecified atom stereocenters. The highest BCUT2D eigenvalue weighted by molar-refractivity contribution is 14.1. The van der Waals surface area contributed by atoms with Gasteiger partial charge in [-0.05, 0) is 48.6 Å². The number of carbonyl (C=O) groups is 1. The Bertz CT molecular complexity index is 794. The summed E-state index contributed by atoms with van der Waals surface area (Å²) in [4.78, 5) is 12.5. The maximum absolute atomic E-state index is 11.9. The van der Waals surface area contributed by atoms with Gasteiger partial charge in [-0.2, -0.15) is 9.61 Å². The molecular formula is C13H11IN4O2S. The lowest BCUT2D eigenvalue weighted by Gasteiger charge is -2.04. The predicted octanol–water partition coefficient (Wildman–Crippen LogP) is 3.02. The van der Waals surface area contributed by atoms with Crippen LogP contribution < -0.4 is 0 Å². The first-order valence-electron chi connectivity index (χ1n) is 6.24. The van der Waals surface area contributed by atoms with E-state index in [0.29, 0.717) is 4.96 Å². The van der Waals surface area contributed by atoms with Crippen LogP contribution in [0.2, 0.25) is 0 Å². The second-order valence-electron chi connectivity index (χ2n) is 4.59. The molecule has 0 saturated heterocycles. The van der Waals surface area contributed by atoms with Crippen molar-refractivity contribution in [2.24, 2.45) is 0 Å². The van der Waals surface area contributed by atoms with Crippen LogP contribution in [0, 0.1) is 3.57 Å². The van der Waals surface area contributed by atoms with Gasteiger partial charge >= 0.3 is 5.97 Å². The largest absolute Gasteiger partial charge is 0.457 e. The van der Waals surface area contributed by atoms with Gasteiger partial charge in [-0.25, -0.2) is 4.79 Å². The SMILES string of the molecule is CC(C)OC(=O)c1nnc2sc(-c3ccc(I)cc3)nn12. The molecule has 1 aromatic carbocycles. The summed E-state index contributed by atoms with van der Waals surface area (Å²) in [6.07, 6.45) is -0.209. The number of aromatic nitrogens is 4. The Labute approximate surface area is 138 Å². The van der Waals surface area contributed by atoms with Crippen molar-refractivity contribution in [1.82, 2.24) is 19.8 Å². The van der Waals surface area contributed by atoms with Crippen LogP contribution in [0.4, 0.5) is 0 Å². The number of benzene rings is 1. The van der Waals surface area contributed by atoms with Crippen molar-refractivity contribution in [2.75, 3.05) is 0 Å². The van der Waals surface area contributed by atoms with E-state index in [0.717, 1.165) is 14.1 Å². The van der Waals surface area contributed by atoms with Crippen LogP contribution in [-0.2, 0) is 4.74 Å². The highest BCUT2D eigenvalue weighted by atomic mass is 127. The van der Waals surface area contributed by atoms with E-state index in [1.165, 1.54) is 15.9 Å². The first kappa shape index (κ1) is 14.4. The van der Waals surface area contributed by atoms with Gasteiger partial charge < -0.3 is 4.74 Å². The van der Waals surface area contributed by atoms with Gasteiger partial charge in [0.05, 0.1) is 6.10 Å². The third kappa shape index (κ3) is 2.91. The van der Waals surface area contributed by atoms with Gasteiger partial charge in [0.25, 0.3) is 5.82 Å². The molecule has 21 heavy (non-hydrogen) atoms. The molecule has 108 valence electrons. The minimum atomic E-state index is -0.517. The molecule has 6 nitrogen and oxygen atoms in total. The van der Waals surface area contributed by atoms with Crippen LogP contribution in [0.3, 0.4) is 0 Å². The second-order valence-corrected chi connectivity index (χ2v) is 6.79. The summed E-state index contributed by atoms with van der Waals surface area (Å²) >= 11 is 3.63. The standard InChI is InChI=1S/C13H11IN4O2S/c1-7(2)20-12(19)10-15-16-13-18(10)17-11(21-13)8-3-5-9(14)6-4-8/h3-7H,1-2H3. The van der Waals surface area contributed by atoms with Crippen LogP contribution in [0.15, 0.2) is 24.3 Å². The molecule has 3 aromatic rings. The fraction of sp³-hybridized carbons (Fsp3) is 0.231. The number of hydrogen-bond donors (Lipinski definition) is 0. The van der Waals surface area contributed by atoms with E-state index in [2.05, 4.69) is 37.9 Å². The number of fused-ring (bicyclic) bond motifs is 1. The van der Waals surface area contributed by atoms with Gasteiger partial charge in [0.15, 0.2) is 0 Å². The van der Waals surface area contributed by atoms with Gasteiger partial charge in [-0.15, -0.1) is 10.2 Å². The van der Waals surface area contributed by atoms with Gasteiger partial charge in [0.2, 0.25) is 4.96 Å². The number of nitrogens with zero attached hydrogens (tertiary/aromatic N) is 4. The molecule has 0 aliphatic heterocycles. The first-order chi connectivity index (χ1) is 10.0. The van der Waals surface area contributed by atoms with E-state index in [-0.39, 0.29) is 11.9 Å². The molecule has 0 bridgehead atoms. The molecule has 0 spiro atoms. The average Bonchev–Trinajstić information content (AvgIpc) is 2.98. The van der Waals surface area contributed by atoms with Crippen LogP contribution in [0.5, 0.6) is 0 Å². The summed E-state index contributed by atoms with van der Waals surface area (Å²) < 4.78 is 7.72. The van der Waals surface area contributed by atoms with Gasteiger partial charge in [0, 0.05) is 9.13 Å². The lowest BCUT2D eigenvalue weighted by molar-refractivity contribution is 0.0360. The van der Waals surface area contributed by atoms with Crippen molar-refractivity contribution in [3.8, 4) is 10.6 Å². The zero-order valence-corrected chi connectivity index (χ0v) is 14.3. The van der Waals surface area contributed by atoms with E-state index in [1.54, 1.807) is 13.8 Å². The summed E-state index contributed by atoms with van der Waals surface area (Å²) in [5.41, 5.74) is 0.981. The number of carbonyl (C=O) groups excluding carboxylic acids is 1. The maximum Gasteiger partial charge on any atom is 0.378 e. The minimum Gasteiger partial charge on any atom is -0.457 e. The third-order valence-electron chi connectivity index (χ3n) is 2.61. The third-order valence-corrected chi connectivity index (χ3v) is 4.27. The molecule has 0 atom stereocenters. The molecule has 3 rings (SSSR count). The zero-order chi connectivity index (χ0) is 15.0. The molecule has 0 radical (unpaired) electrons. The van der Waals surface area contributed by atoms with Gasteiger partial charge in [0.1, 0.15) is 5.01 Å². The molecule has 8 heteroatoms. The lowest BCUT2D eigenvalue weighted by Crippen LogP contribution is -2.15. The molecule has 0 saturated carbocycles. The molecule has 0 aliphatic carbocycles. The van der Waals surface area contributed by atoms with Crippen molar-refractivity contribution >= 4 is 44.9 Å². The van der Waals surface area contributed by atoms with Crippen LogP contribution in [-0.4, -0.2) is 31.9 Å². The summed E-state index contributed by atoms with van der Waals surface area (Å²) in [7, 11) is 0. The second kappa shape index (κ2) is 5.68. The highest BCUT2D eigenvalue weighted by Crippen LogP contribution is 2.26. The van der Waals surface area contributed by atoms with Crippen molar-refractivity contribution in [3.05, 3.63) is 33.7 Å². The summed E-state index contributed by atoms with van der Waals surface area (Å²) in [6, 6.07) is 7.98. The number of rotatable bonds is 3. The Balaban J connectivity index is 1.99. The Morgan fingerprint density at radius 1 is 1.29 bits per heavy atom. The van der Waals surface area contributed by atoms with E-state index < -0.39 is 5.97 Å². The van der Waals surface area contributed by atoms with Crippen LogP contribution in [0.25, 0.3) is 15.5 Å². The Hall–Kier alpha value is -1.55. The van der Waals surface area contributed by atoms with Gasteiger partial charge in [-0.3, -0.25) is 0 Å². The normalized spacial score (nSPS) is 11.2. The average molecular weight is 414 g/mol. The summed E-state index contributed by atoms with van der Waals surface area (Å²) in [6.45, 7) is 3.57.